The Morgan fingerprint density at radius 3 is 2.43 bits per heavy atom. The highest BCUT2D eigenvalue weighted by molar-refractivity contribution is 5.86. The van der Waals surface area contributed by atoms with E-state index in [1.54, 1.807) is 6.92 Å². The molecule has 0 aromatic rings. The van der Waals surface area contributed by atoms with Crippen LogP contribution in [-0.2, 0) is 19.1 Å². The summed E-state index contributed by atoms with van der Waals surface area (Å²) in [6.07, 6.45) is 1.69. The molecule has 0 aromatic carbocycles. The standard InChI is InChI=1S/C10H16O4/c1-8(2)10(12)14-7-5-4-6-9(11)13-3/h1,4-7H2,2-3H3. The lowest BCUT2D eigenvalue weighted by atomic mass is 10.2. The second kappa shape index (κ2) is 7.12. The zero-order chi connectivity index (χ0) is 11.0. The molecule has 4 heteroatoms. The number of hydrogen-bond donors (Lipinski definition) is 0. The van der Waals surface area contributed by atoms with Crippen LogP contribution in [0.5, 0.6) is 0 Å². The van der Waals surface area contributed by atoms with Crippen molar-refractivity contribution in [2.24, 2.45) is 0 Å². The topological polar surface area (TPSA) is 52.6 Å². The maximum Gasteiger partial charge on any atom is 0.333 e. The van der Waals surface area contributed by atoms with Gasteiger partial charge in [-0.05, 0) is 19.8 Å². The van der Waals surface area contributed by atoms with Crippen molar-refractivity contribution in [3.8, 4) is 0 Å². The number of hydrogen-bond acceptors (Lipinski definition) is 4. The number of ether oxygens (including phenoxy) is 2. The number of methoxy groups -OCH3 is 1. The molecule has 0 N–H and O–H groups in total. The van der Waals surface area contributed by atoms with Gasteiger partial charge in [0.25, 0.3) is 0 Å². The van der Waals surface area contributed by atoms with Gasteiger partial charge < -0.3 is 9.47 Å². The lowest BCUT2D eigenvalue weighted by Gasteiger charge is -2.03. The van der Waals surface area contributed by atoms with Gasteiger partial charge in [-0.1, -0.05) is 6.58 Å². The van der Waals surface area contributed by atoms with E-state index in [4.69, 9.17) is 4.74 Å². The lowest BCUT2D eigenvalue weighted by Crippen LogP contribution is -2.07. The van der Waals surface area contributed by atoms with Gasteiger partial charge in [-0.2, -0.15) is 0 Å². The highest BCUT2D eigenvalue weighted by atomic mass is 16.5. The normalized spacial score (nSPS) is 9.29. The molecule has 0 rings (SSSR count). The van der Waals surface area contributed by atoms with E-state index in [-0.39, 0.29) is 11.9 Å². The zero-order valence-electron chi connectivity index (χ0n) is 8.67. The minimum atomic E-state index is -0.386. The molecule has 0 saturated carbocycles. The van der Waals surface area contributed by atoms with Crippen LogP contribution in [0, 0.1) is 0 Å². The van der Waals surface area contributed by atoms with Gasteiger partial charge in [0.2, 0.25) is 0 Å². The fourth-order valence-corrected chi connectivity index (χ4v) is 0.762. The van der Waals surface area contributed by atoms with Gasteiger partial charge in [0.1, 0.15) is 0 Å². The van der Waals surface area contributed by atoms with Gasteiger partial charge in [-0.3, -0.25) is 4.79 Å². The summed E-state index contributed by atoms with van der Waals surface area (Å²) in [5.74, 6) is -0.626. The molecule has 0 aliphatic rings. The molecule has 0 bridgehead atoms. The van der Waals surface area contributed by atoms with Crippen LogP contribution in [0.2, 0.25) is 0 Å². The molecular weight excluding hydrogens is 184 g/mol. The van der Waals surface area contributed by atoms with E-state index in [1.807, 2.05) is 0 Å². The smallest absolute Gasteiger partial charge is 0.333 e. The van der Waals surface area contributed by atoms with Crippen molar-refractivity contribution in [3.05, 3.63) is 12.2 Å². The monoisotopic (exact) mass is 200 g/mol. The minimum Gasteiger partial charge on any atom is -0.469 e. The van der Waals surface area contributed by atoms with Crippen molar-refractivity contribution in [2.45, 2.75) is 26.2 Å². The second-order valence-corrected chi connectivity index (χ2v) is 2.95. The van der Waals surface area contributed by atoms with Crippen LogP contribution in [0.3, 0.4) is 0 Å². The SMILES string of the molecule is C=C(C)C(=O)OCCCCC(=O)OC. The summed E-state index contributed by atoms with van der Waals surface area (Å²) in [5.41, 5.74) is 0.387. The first-order chi connectivity index (χ1) is 6.57. The summed E-state index contributed by atoms with van der Waals surface area (Å²) in [6, 6.07) is 0. The molecule has 80 valence electrons. The molecule has 0 fully saturated rings. The Kier molecular flexibility index (Phi) is 6.45. The maximum absolute atomic E-state index is 10.9. The first kappa shape index (κ1) is 12.7. The number of carbonyl (C=O) groups excluding carboxylic acids is 2. The van der Waals surface area contributed by atoms with Crippen molar-refractivity contribution in [2.75, 3.05) is 13.7 Å². The van der Waals surface area contributed by atoms with E-state index in [1.165, 1.54) is 7.11 Å². The van der Waals surface area contributed by atoms with Crippen LogP contribution in [0.25, 0.3) is 0 Å². The largest absolute Gasteiger partial charge is 0.469 e. The van der Waals surface area contributed by atoms with Crippen molar-refractivity contribution >= 4 is 11.9 Å². The van der Waals surface area contributed by atoms with E-state index in [0.29, 0.717) is 31.4 Å². The Morgan fingerprint density at radius 2 is 1.93 bits per heavy atom. The minimum absolute atomic E-state index is 0.240. The fourth-order valence-electron chi connectivity index (χ4n) is 0.762. The van der Waals surface area contributed by atoms with E-state index < -0.39 is 0 Å². The molecule has 0 saturated heterocycles. The van der Waals surface area contributed by atoms with Crippen LogP contribution in [-0.4, -0.2) is 25.7 Å². The van der Waals surface area contributed by atoms with Crippen molar-refractivity contribution < 1.29 is 19.1 Å². The molecule has 0 amide bonds. The maximum atomic E-state index is 10.9. The zero-order valence-corrected chi connectivity index (χ0v) is 8.67. The van der Waals surface area contributed by atoms with Gasteiger partial charge in [0, 0.05) is 12.0 Å². The molecule has 0 aromatic heterocycles. The molecule has 0 heterocycles. The molecule has 0 aliphatic carbocycles. The first-order valence-corrected chi connectivity index (χ1v) is 4.47. The molecule has 0 radical (unpaired) electrons. The molecule has 14 heavy (non-hydrogen) atoms. The number of esters is 2. The third-order valence-electron chi connectivity index (χ3n) is 1.58. The second-order valence-electron chi connectivity index (χ2n) is 2.95. The van der Waals surface area contributed by atoms with Crippen LogP contribution in [0.4, 0.5) is 0 Å². The predicted octanol–water partition coefficient (Wildman–Crippen LogP) is 1.45. The molecule has 0 unspecified atom stereocenters. The van der Waals surface area contributed by atoms with Crippen molar-refractivity contribution in [1.82, 2.24) is 0 Å². The summed E-state index contributed by atoms with van der Waals surface area (Å²) in [5, 5.41) is 0. The summed E-state index contributed by atoms with van der Waals surface area (Å²) in [6.45, 7) is 5.36. The van der Waals surface area contributed by atoms with Gasteiger partial charge in [0.15, 0.2) is 0 Å². The van der Waals surface area contributed by atoms with Crippen LogP contribution >= 0.6 is 0 Å². The average Bonchev–Trinajstić information content (AvgIpc) is 2.16. The van der Waals surface area contributed by atoms with Crippen molar-refractivity contribution in [3.63, 3.8) is 0 Å². The average molecular weight is 200 g/mol. The third kappa shape index (κ3) is 6.22. The highest BCUT2D eigenvalue weighted by Crippen LogP contribution is 1.99. The van der Waals surface area contributed by atoms with Gasteiger partial charge in [0.05, 0.1) is 13.7 Å². The fraction of sp³-hybridized carbons (Fsp3) is 0.600. The number of carbonyl (C=O) groups is 2. The molecule has 0 atom stereocenters. The van der Waals surface area contributed by atoms with Gasteiger partial charge in [-0.25, -0.2) is 4.79 Å². The number of unbranched alkanes of at least 4 members (excludes halogenated alkanes) is 1. The Labute approximate surface area is 83.9 Å². The summed E-state index contributed by atoms with van der Waals surface area (Å²) >= 11 is 0. The van der Waals surface area contributed by atoms with E-state index in [0.717, 1.165) is 0 Å². The van der Waals surface area contributed by atoms with E-state index in [2.05, 4.69) is 11.3 Å². The van der Waals surface area contributed by atoms with E-state index >= 15 is 0 Å². The summed E-state index contributed by atoms with van der Waals surface area (Å²) in [4.78, 5) is 21.6. The quantitative estimate of drug-likeness (QED) is 0.370. The van der Waals surface area contributed by atoms with Crippen molar-refractivity contribution in [1.29, 1.82) is 0 Å². The summed E-state index contributed by atoms with van der Waals surface area (Å²) < 4.78 is 9.28. The Morgan fingerprint density at radius 1 is 1.29 bits per heavy atom. The number of rotatable bonds is 6. The predicted molar refractivity (Wildman–Crippen MR) is 51.6 cm³/mol. The Hall–Kier alpha value is -1.32. The lowest BCUT2D eigenvalue weighted by molar-refractivity contribution is -0.140. The molecule has 0 spiro atoms. The van der Waals surface area contributed by atoms with Gasteiger partial charge >= 0.3 is 11.9 Å². The van der Waals surface area contributed by atoms with Crippen LogP contribution in [0.1, 0.15) is 26.2 Å². The summed E-state index contributed by atoms with van der Waals surface area (Å²) in [7, 11) is 1.35. The Balaban J connectivity index is 3.34. The molecule has 4 nitrogen and oxygen atoms in total. The molecule has 0 aliphatic heterocycles. The van der Waals surface area contributed by atoms with Crippen LogP contribution in [0.15, 0.2) is 12.2 Å². The van der Waals surface area contributed by atoms with Gasteiger partial charge in [-0.15, -0.1) is 0 Å². The highest BCUT2D eigenvalue weighted by Gasteiger charge is 2.03. The van der Waals surface area contributed by atoms with Crippen LogP contribution < -0.4 is 0 Å². The van der Waals surface area contributed by atoms with E-state index in [9.17, 15) is 9.59 Å². The molecular formula is C10H16O4. The Bertz CT molecular complexity index is 220. The third-order valence-corrected chi connectivity index (χ3v) is 1.58. The first-order valence-electron chi connectivity index (χ1n) is 4.47.